The number of hydrogen-bond acceptors (Lipinski definition) is 3. The first-order valence-electron chi connectivity index (χ1n) is 19.7. The molecule has 4 atom stereocenters. The van der Waals surface area contributed by atoms with E-state index >= 15 is 0 Å². The Kier molecular flexibility index (Phi) is 7.91. The van der Waals surface area contributed by atoms with Gasteiger partial charge < -0.3 is 14.7 Å². The van der Waals surface area contributed by atoms with Crippen LogP contribution in [0.4, 0.5) is 39.8 Å². The zero-order valence-electron chi connectivity index (χ0n) is 31.4. The highest BCUT2D eigenvalue weighted by Gasteiger charge is 2.57. The highest BCUT2D eigenvalue weighted by Crippen LogP contribution is 2.56. The maximum absolute atomic E-state index is 2.80. The molecule has 3 aliphatic rings. The molecule has 1 fully saturated rings. The second-order valence-corrected chi connectivity index (χ2v) is 16.6. The van der Waals surface area contributed by atoms with Crippen molar-refractivity contribution in [1.82, 2.24) is 0 Å². The van der Waals surface area contributed by atoms with Crippen LogP contribution in [-0.4, -0.2) is 18.8 Å². The second-order valence-electron chi connectivity index (χ2n) is 16.6. The van der Waals surface area contributed by atoms with Crippen LogP contribution < -0.4 is 25.6 Å². The summed E-state index contributed by atoms with van der Waals surface area (Å²) in [5.74, 6) is 0.920. The largest absolute Gasteiger partial charge is 0.339 e. The van der Waals surface area contributed by atoms with Crippen LogP contribution in [0, 0.1) is 11.3 Å². The monoisotopic (exact) mass is 699 g/mol. The lowest BCUT2D eigenvalue weighted by atomic mass is 9.26. The highest BCUT2D eigenvalue weighted by molar-refractivity contribution is 6.89. The summed E-state index contributed by atoms with van der Waals surface area (Å²) in [4.78, 5) is 7.95. The van der Waals surface area contributed by atoms with Crippen molar-refractivity contribution < 1.29 is 0 Å². The molecule has 3 nitrogen and oxygen atoms in total. The Labute approximate surface area is 320 Å². The van der Waals surface area contributed by atoms with Crippen molar-refractivity contribution in [2.75, 3.05) is 14.7 Å². The maximum atomic E-state index is 2.80. The maximum Gasteiger partial charge on any atom is 0.221 e. The Hall–Kier alpha value is -5.74. The lowest BCUT2D eigenvalue weighted by molar-refractivity contribution is 0.151. The molecule has 264 valence electrons. The molecule has 54 heavy (non-hydrogen) atoms. The Morgan fingerprint density at radius 1 is 0.500 bits per heavy atom. The van der Waals surface area contributed by atoms with Gasteiger partial charge in [0, 0.05) is 57.3 Å². The van der Waals surface area contributed by atoms with Gasteiger partial charge in [0.1, 0.15) is 0 Å². The van der Waals surface area contributed by atoms with E-state index in [4.69, 9.17) is 0 Å². The molecule has 0 spiro atoms. The highest BCUT2D eigenvalue weighted by atomic mass is 15.2. The first kappa shape index (κ1) is 32.9. The van der Waals surface area contributed by atoms with E-state index in [9.17, 15) is 0 Å². The molecule has 0 amide bonds. The molecule has 0 aromatic heterocycles. The quantitative estimate of drug-likeness (QED) is 0.166. The lowest BCUT2D eigenvalue weighted by Crippen LogP contribution is -2.69. The summed E-state index contributed by atoms with van der Waals surface area (Å²) in [6.07, 6.45) is 2.30. The van der Waals surface area contributed by atoms with Crippen molar-refractivity contribution in [3.63, 3.8) is 0 Å². The van der Waals surface area contributed by atoms with E-state index in [-0.39, 0.29) is 18.2 Å². The zero-order valence-corrected chi connectivity index (χ0v) is 31.4. The fourth-order valence-electron chi connectivity index (χ4n) is 10.3. The molecule has 0 bridgehead atoms. The summed E-state index contributed by atoms with van der Waals surface area (Å²) in [7, 11) is 0. The van der Waals surface area contributed by atoms with Crippen molar-refractivity contribution in [3.05, 3.63) is 176 Å². The van der Waals surface area contributed by atoms with Gasteiger partial charge in [-0.1, -0.05) is 147 Å². The van der Waals surface area contributed by atoms with E-state index in [0.717, 1.165) is 24.2 Å². The first-order valence-corrected chi connectivity index (χ1v) is 19.7. The molecule has 2 aliphatic heterocycles. The molecule has 4 heteroatoms. The van der Waals surface area contributed by atoms with Crippen LogP contribution in [0.15, 0.2) is 176 Å². The van der Waals surface area contributed by atoms with Crippen molar-refractivity contribution in [1.29, 1.82) is 0 Å². The summed E-state index contributed by atoms with van der Waals surface area (Å²) < 4.78 is 0. The van der Waals surface area contributed by atoms with Crippen molar-refractivity contribution in [2.45, 2.75) is 51.5 Å². The first-order chi connectivity index (χ1) is 26.5. The number of fused-ring (bicyclic) bond motifs is 5. The van der Waals surface area contributed by atoms with Gasteiger partial charge in [-0.05, 0) is 96.0 Å². The number of anilines is 7. The van der Waals surface area contributed by atoms with Crippen molar-refractivity contribution >= 4 is 68.2 Å². The van der Waals surface area contributed by atoms with Crippen LogP contribution in [0.1, 0.15) is 33.6 Å². The average Bonchev–Trinajstić information content (AvgIpc) is 3.21. The van der Waals surface area contributed by atoms with E-state index < -0.39 is 0 Å². The van der Waals surface area contributed by atoms with Gasteiger partial charge in [-0.3, -0.25) is 0 Å². The molecule has 2 heterocycles. The minimum atomic E-state index is 0.157. The summed E-state index contributed by atoms with van der Waals surface area (Å²) in [5.41, 5.74) is 11.8. The predicted octanol–water partition coefficient (Wildman–Crippen LogP) is 11.8. The molecule has 7 aromatic rings. The molecule has 0 saturated heterocycles. The van der Waals surface area contributed by atoms with Gasteiger partial charge in [-0.25, -0.2) is 0 Å². The lowest BCUT2D eigenvalue weighted by Gasteiger charge is -2.60. The van der Waals surface area contributed by atoms with Crippen molar-refractivity contribution in [3.8, 4) is 0 Å². The molecule has 7 aromatic carbocycles. The SMILES string of the molecule is CC(C)(C)C1CC2C3B(c4ccccc4N2c2ccccc2)c2ccc(N(c4ccccc4)c4ccccc4)cc2N(c2cccc4ccccc24)C3C1. The third-order valence-corrected chi connectivity index (χ3v) is 12.7. The zero-order chi connectivity index (χ0) is 36.4. The predicted molar refractivity (Wildman–Crippen MR) is 231 cm³/mol. The summed E-state index contributed by atoms with van der Waals surface area (Å²) in [6, 6.07) is 66.0. The Balaban J connectivity index is 1.27. The van der Waals surface area contributed by atoms with Gasteiger partial charge in [0.25, 0.3) is 0 Å². The van der Waals surface area contributed by atoms with Crippen LogP contribution in [0.5, 0.6) is 0 Å². The summed E-state index contributed by atoms with van der Waals surface area (Å²) in [5, 5.41) is 2.59. The summed E-state index contributed by atoms with van der Waals surface area (Å²) >= 11 is 0. The molecular formula is C50H46BN3. The van der Waals surface area contributed by atoms with Crippen LogP contribution in [0.3, 0.4) is 0 Å². The minimum absolute atomic E-state index is 0.157. The number of hydrogen-bond donors (Lipinski definition) is 0. The normalized spacial score (nSPS) is 20.2. The fraction of sp³-hybridized carbons (Fsp3) is 0.200. The van der Waals surface area contributed by atoms with E-state index in [2.05, 4.69) is 211 Å². The third-order valence-electron chi connectivity index (χ3n) is 12.7. The van der Waals surface area contributed by atoms with E-state index in [1.807, 2.05) is 0 Å². The van der Waals surface area contributed by atoms with Gasteiger partial charge >= 0.3 is 0 Å². The molecule has 1 aliphatic carbocycles. The van der Waals surface area contributed by atoms with Gasteiger partial charge in [0.2, 0.25) is 6.71 Å². The fourth-order valence-corrected chi connectivity index (χ4v) is 10.3. The van der Waals surface area contributed by atoms with Crippen LogP contribution in [-0.2, 0) is 0 Å². The minimum Gasteiger partial charge on any atom is -0.339 e. The Morgan fingerprint density at radius 2 is 1.06 bits per heavy atom. The van der Waals surface area contributed by atoms with E-state index in [1.54, 1.807) is 0 Å². The number of rotatable bonds is 5. The molecule has 4 unspecified atom stereocenters. The smallest absolute Gasteiger partial charge is 0.221 e. The topological polar surface area (TPSA) is 9.72 Å². The molecule has 0 N–H and O–H groups in total. The Bertz CT molecular complexity index is 2400. The van der Waals surface area contributed by atoms with Gasteiger partial charge in [0.15, 0.2) is 0 Å². The van der Waals surface area contributed by atoms with E-state index in [0.29, 0.717) is 17.8 Å². The van der Waals surface area contributed by atoms with E-state index in [1.165, 1.54) is 50.1 Å². The number of nitrogens with zero attached hydrogens (tertiary/aromatic N) is 3. The molecule has 10 rings (SSSR count). The average molecular weight is 700 g/mol. The number of benzene rings is 7. The number of para-hydroxylation sites is 4. The second kappa shape index (κ2) is 13.0. The molecule has 1 saturated carbocycles. The van der Waals surface area contributed by atoms with Crippen molar-refractivity contribution in [2.24, 2.45) is 11.3 Å². The molecule has 0 radical (unpaired) electrons. The van der Waals surface area contributed by atoms with Gasteiger partial charge in [0.05, 0.1) is 0 Å². The van der Waals surface area contributed by atoms with Crippen LogP contribution in [0.25, 0.3) is 10.8 Å². The van der Waals surface area contributed by atoms with Crippen LogP contribution >= 0.6 is 0 Å². The summed E-state index contributed by atoms with van der Waals surface area (Å²) in [6.45, 7) is 7.67. The Morgan fingerprint density at radius 3 is 1.76 bits per heavy atom. The molecular weight excluding hydrogens is 653 g/mol. The van der Waals surface area contributed by atoms with Gasteiger partial charge in [-0.15, -0.1) is 0 Å². The van der Waals surface area contributed by atoms with Gasteiger partial charge in [-0.2, -0.15) is 0 Å². The standard InChI is InChI=1S/C50H46BN3/c1-50(2,3)36-32-47-49-48(33-36)54(44-29-17-19-35-18-13-14-26-41(35)44)46-34-40(52(37-20-7-4-8-21-37)38-22-9-5-10-23-38)30-31-43(46)51(49)42-27-15-16-28-45(42)53(47)39-24-11-6-12-25-39/h4-31,34,36,47-49H,32-33H2,1-3H3. The third kappa shape index (κ3) is 5.34. The van der Waals surface area contributed by atoms with Crippen LogP contribution in [0.2, 0.25) is 5.82 Å².